The fourth-order valence-corrected chi connectivity index (χ4v) is 1.69. The summed E-state index contributed by atoms with van der Waals surface area (Å²) in [5.41, 5.74) is 0.318. The first-order chi connectivity index (χ1) is 8.60. The van der Waals surface area contributed by atoms with Crippen LogP contribution in [0.4, 0.5) is 5.82 Å². The number of amides is 1. The maximum Gasteiger partial charge on any atom is 0.364 e. The first kappa shape index (κ1) is 14.1. The van der Waals surface area contributed by atoms with Gasteiger partial charge in [-0.15, -0.1) is 0 Å². The Bertz CT molecular complexity index is 428. The van der Waals surface area contributed by atoms with Crippen molar-refractivity contribution < 1.29 is 9.72 Å². The summed E-state index contributed by atoms with van der Waals surface area (Å²) in [4.78, 5) is 27.5. The lowest BCUT2D eigenvalue weighted by Crippen LogP contribution is -2.32. The Balaban J connectivity index is 2.93. The molecule has 0 saturated carbocycles. The van der Waals surface area contributed by atoms with Crippen molar-refractivity contribution >= 4 is 11.7 Å². The van der Waals surface area contributed by atoms with Crippen molar-refractivity contribution in [2.75, 3.05) is 13.1 Å². The minimum Gasteiger partial charge on any atom is -0.358 e. The summed E-state index contributed by atoms with van der Waals surface area (Å²) in [6.07, 6.45) is 3.01. The van der Waals surface area contributed by atoms with Crippen molar-refractivity contribution in [2.45, 2.75) is 26.7 Å². The van der Waals surface area contributed by atoms with E-state index in [1.807, 2.05) is 13.8 Å². The van der Waals surface area contributed by atoms with Crippen LogP contribution in [0.5, 0.6) is 0 Å². The summed E-state index contributed by atoms with van der Waals surface area (Å²) in [7, 11) is 0. The van der Waals surface area contributed by atoms with Crippen LogP contribution < -0.4 is 0 Å². The van der Waals surface area contributed by atoms with Crippen LogP contribution in [0.2, 0.25) is 0 Å². The standard InChI is InChI=1S/C12H17N3O3/c1-3-7-14(8-4-2)12(16)10-5-6-13-11(9-10)15(17)18/h5-6,9H,3-4,7-8H2,1-2H3. The largest absolute Gasteiger partial charge is 0.364 e. The molecule has 0 bridgehead atoms. The maximum absolute atomic E-state index is 12.2. The van der Waals surface area contributed by atoms with Crippen LogP contribution in [0.1, 0.15) is 37.0 Å². The number of pyridine rings is 1. The summed E-state index contributed by atoms with van der Waals surface area (Å²) >= 11 is 0. The molecule has 0 aliphatic carbocycles. The fraction of sp³-hybridized carbons (Fsp3) is 0.500. The highest BCUT2D eigenvalue weighted by molar-refractivity contribution is 5.94. The molecule has 0 aliphatic heterocycles. The van der Waals surface area contributed by atoms with Crippen molar-refractivity contribution in [3.63, 3.8) is 0 Å². The SMILES string of the molecule is CCCN(CCC)C(=O)c1ccnc([N+](=O)[O-])c1. The van der Waals surface area contributed by atoms with Crippen LogP contribution in [0.25, 0.3) is 0 Å². The van der Waals surface area contributed by atoms with E-state index in [4.69, 9.17) is 0 Å². The van der Waals surface area contributed by atoms with E-state index in [2.05, 4.69) is 4.98 Å². The highest BCUT2D eigenvalue weighted by Crippen LogP contribution is 2.12. The van der Waals surface area contributed by atoms with Gasteiger partial charge in [0.05, 0.1) is 5.56 Å². The summed E-state index contributed by atoms with van der Waals surface area (Å²) in [5.74, 6) is -0.474. The Kier molecular flexibility index (Phi) is 5.23. The van der Waals surface area contributed by atoms with Gasteiger partial charge >= 0.3 is 5.82 Å². The van der Waals surface area contributed by atoms with Crippen LogP contribution in [0, 0.1) is 10.1 Å². The third-order valence-corrected chi connectivity index (χ3v) is 2.45. The van der Waals surface area contributed by atoms with Crippen molar-refractivity contribution in [2.24, 2.45) is 0 Å². The van der Waals surface area contributed by atoms with E-state index in [1.54, 1.807) is 4.90 Å². The average Bonchev–Trinajstić information content (AvgIpc) is 2.38. The van der Waals surface area contributed by atoms with Crippen molar-refractivity contribution in [1.82, 2.24) is 9.88 Å². The molecule has 0 radical (unpaired) electrons. The lowest BCUT2D eigenvalue weighted by molar-refractivity contribution is -0.389. The molecule has 6 nitrogen and oxygen atoms in total. The van der Waals surface area contributed by atoms with Gasteiger partial charge in [-0.05, 0) is 28.8 Å². The van der Waals surface area contributed by atoms with Crippen molar-refractivity contribution in [3.05, 3.63) is 34.0 Å². The molecule has 6 heteroatoms. The lowest BCUT2D eigenvalue weighted by atomic mass is 10.2. The molecule has 0 aromatic carbocycles. The number of hydrogen-bond donors (Lipinski definition) is 0. The number of hydrogen-bond acceptors (Lipinski definition) is 4. The molecule has 0 spiro atoms. The van der Waals surface area contributed by atoms with Gasteiger partial charge in [0.1, 0.15) is 6.20 Å². The zero-order valence-electron chi connectivity index (χ0n) is 10.6. The monoisotopic (exact) mass is 251 g/mol. The Morgan fingerprint density at radius 1 is 1.39 bits per heavy atom. The quantitative estimate of drug-likeness (QED) is 0.574. The number of aromatic nitrogens is 1. The van der Waals surface area contributed by atoms with E-state index < -0.39 is 4.92 Å². The van der Waals surface area contributed by atoms with Gasteiger partial charge in [-0.3, -0.25) is 4.79 Å². The molecular weight excluding hydrogens is 234 g/mol. The van der Waals surface area contributed by atoms with E-state index in [0.717, 1.165) is 12.8 Å². The second-order valence-corrected chi connectivity index (χ2v) is 3.95. The predicted molar refractivity (Wildman–Crippen MR) is 67.4 cm³/mol. The Morgan fingerprint density at radius 2 is 2.00 bits per heavy atom. The molecule has 1 heterocycles. The van der Waals surface area contributed by atoms with Gasteiger partial charge in [-0.2, -0.15) is 0 Å². The molecule has 1 aromatic rings. The smallest absolute Gasteiger partial charge is 0.358 e. The molecule has 1 rings (SSSR count). The number of rotatable bonds is 6. The van der Waals surface area contributed by atoms with Gasteiger partial charge in [-0.25, -0.2) is 0 Å². The van der Waals surface area contributed by atoms with Crippen molar-refractivity contribution in [1.29, 1.82) is 0 Å². The number of carbonyl (C=O) groups is 1. The molecule has 18 heavy (non-hydrogen) atoms. The van der Waals surface area contributed by atoms with E-state index in [1.165, 1.54) is 18.3 Å². The van der Waals surface area contributed by atoms with Crippen LogP contribution in [-0.2, 0) is 0 Å². The van der Waals surface area contributed by atoms with Gasteiger partial charge in [0.2, 0.25) is 0 Å². The van der Waals surface area contributed by atoms with Gasteiger partial charge < -0.3 is 15.0 Å². The molecule has 98 valence electrons. The van der Waals surface area contributed by atoms with Crippen LogP contribution in [0.15, 0.2) is 18.3 Å². The number of nitro groups is 1. The van der Waals surface area contributed by atoms with E-state index >= 15 is 0 Å². The molecule has 0 aliphatic rings. The first-order valence-electron chi connectivity index (χ1n) is 5.99. The molecule has 1 amide bonds. The molecule has 0 unspecified atom stereocenters. The second kappa shape index (κ2) is 6.68. The Morgan fingerprint density at radius 3 is 2.50 bits per heavy atom. The van der Waals surface area contributed by atoms with E-state index in [-0.39, 0.29) is 11.7 Å². The van der Waals surface area contributed by atoms with Crippen LogP contribution in [0.3, 0.4) is 0 Å². The summed E-state index contributed by atoms with van der Waals surface area (Å²) in [6.45, 7) is 5.29. The minimum absolute atomic E-state index is 0.177. The zero-order valence-corrected chi connectivity index (χ0v) is 10.6. The van der Waals surface area contributed by atoms with Gasteiger partial charge in [0.25, 0.3) is 5.91 Å². The number of nitrogens with zero attached hydrogens (tertiary/aromatic N) is 3. The third-order valence-electron chi connectivity index (χ3n) is 2.45. The summed E-state index contributed by atoms with van der Waals surface area (Å²) in [5, 5.41) is 10.6. The topological polar surface area (TPSA) is 76.3 Å². The van der Waals surface area contributed by atoms with E-state index in [9.17, 15) is 14.9 Å². The zero-order chi connectivity index (χ0) is 13.5. The van der Waals surface area contributed by atoms with Crippen LogP contribution in [-0.4, -0.2) is 33.8 Å². The summed E-state index contributed by atoms with van der Waals surface area (Å²) in [6, 6.07) is 2.73. The molecular formula is C12H17N3O3. The Hall–Kier alpha value is -1.98. The average molecular weight is 251 g/mol. The normalized spacial score (nSPS) is 10.1. The second-order valence-electron chi connectivity index (χ2n) is 3.95. The van der Waals surface area contributed by atoms with Crippen molar-refractivity contribution in [3.8, 4) is 0 Å². The van der Waals surface area contributed by atoms with Gasteiger partial charge in [0, 0.05) is 19.2 Å². The minimum atomic E-state index is -0.596. The van der Waals surface area contributed by atoms with Gasteiger partial charge in [-0.1, -0.05) is 13.8 Å². The highest BCUT2D eigenvalue weighted by Gasteiger charge is 2.17. The van der Waals surface area contributed by atoms with Crippen LogP contribution >= 0.6 is 0 Å². The number of carbonyl (C=O) groups excluding carboxylic acids is 1. The predicted octanol–water partition coefficient (Wildman–Crippen LogP) is 2.25. The molecule has 0 N–H and O–H groups in total. The lowest BCUT2D eigenvalue weighted by Gasteiger charge is -2.21. The maximum atomic E-state index is 12.2. The molecule has 0 saturated heterocycles. The molecule has 0 fully saturated rings. The fourth-order valence-electron chi connectivity index (χ4n) is 1.69. The van der Waals surface area contributed by atoms with Gasteiger partial charge in [0.15, 0.2) is 0 Å². The summed E-state index contributed by atoms with van der Waals surface area (Å²) < 4.78 is 0. The highest BCUT2D eigenvalue weighted by atomic mass is 16.6. The van der Waals surface area contributed by atoms with E-state index in [0.29, 0.717) is 18.7 Å². The Labute approximate surface area is 106 Å². The first-order valence-corrected chi connectivity index (χ1v) is 5.99. The molecule has 1 aromatic heterocycles. The third kappa shape index (κ3) is 3.51. The molecule has 0 atom stereocenters.